The minimum atomic E-state index is -1.14. The van der Waals surface area contributed by atoms with Gasteiger partial charge in [-0.2, -0.15) is 0 Å². The number of fused-ring (bicyclic) bond motifs is 2. The van der Waals surface area contributed by atoms with Crippen LogP contribution in [0.1, 0.15) is 17.3 Å². The van der Waals surface area contributed by atoms with E-state index in [1.807, 2.05) is 0 Å². The van der Waals surface area contributed by atoms with Crippen LogP contribution in [0.15, 0.2) is 36.4 Å². The molecule has 2 aliphatic heterocycles. The number of phenolic OH excluding ortho intramolecular Hbond substituents is 1. The fourth-order valence-corrected chi connectivity index (χ4v) is 3.21. The molecule has 0 aromatic heterocycles. The smallest absolute Gasteiger partial charge is 0.310 e. The quantitative estimate of drug-likeness (QED) is 0.463. The van der Waals surface area contributed by atoms with Gasteiger partial charge in [-0.05, 0) is 19.1 Å². The van der Waals surface area contributed by atoms with Crippen molar-refractivity contribution in [2.45, 2.75) is 18.6 Å². The Labute approximate surface area is 137 Å². The average molecular weight is 332 g/mol. The van der Waals surface area contributed by atoms with Gasteiger partial charge in [0.2, 0.25) is 5.91 Å². The molecule has 4 N–H and O–H groups in total. The summed E-state index contributed by atoms with van der Waals surface area (Å²) in [6.07, 6.45) is 2.62. The Hall–Kier alpha value is -2.87. The minimum Gasteiger partial charge on any atom is -0.507 e. The largest absolute Gasteiger partial charge is 0.507 e. The Morgan fingerprint density at radius 3 is 2.58 bits per heavy atom. The van der Waals surface area contributed by atoms with Gasteiger partial charge in [0.25, 0.3) is 5.91 Å². The third-order valence-corrected chi connectivity index (χ3v) is 4.35. The Balaban J connectivity index is 1.71. The van der Waals surface area contributed by atoms with Gasteiger partial charge >= 0.3 is 5.97 Å². The molecule has 0 unspecified atom stereocenters. The number of hydrazine groups is 1. The van der Waals surface area contributed by atoms with Crippen LogP contribution in [-0.4, -0.2) is 39.7 Å². The van der Waals surface area contributed by atoms with Crippen LogP contribution < -0.4 is 10.9 Å². The van der Waals surface area contributed by atoms with Crippen molar-refractivity contribution in [3.63, 3.8) is 0 Å². The number of carboxylic acid groups (broad SMARTS) is 1. The molecule has 8 heteroatoms. The molecule has 1 aromatic rings. The van der Waals surface area contributed by atoms with Gasteiger partial charge in [-0.15, -0.1) is 0 Å². The first-order valence-electron chi connectivity index (χ1n) is 7.31. The highest BCUT2D eigenvalue weighted by Gasteiger charge is 2.59. The molecule has 4 atom stereocenters. The van der Waals surface area contributed by atoms with Crippen LogP contribution in [0.4, 0.5) is 0 Å². The van der Waals surface area contributed by atoms with E-state index in [1.165, 1.54) is 12.1 Å². The molecule has 2 bridgehead atoms. The number of aromatic hydroxyl groups is 1. The van der Waals surface area contributed by atoms with Crippen LogP contribution in [0.3, 0.4) is 0 Å². The molecule has 0 radical (unpaired) electrons. The number of benzene rings is 1. The van der Waals surface area contributed by atoms with Crippen molar-refractivity contribution in [2.24, 2.45) is 11.8 Å². The summed E-state index contributed by atoms with van der Waals surface area (Å²) in [4.78, 5) is 35.8. The van der Waals surface area contributed by atoms with Gasteiger partial charge < -0.3 is 14.9 Å². The first-order valence-corrected chi connectivity index (χ1v) is 7.31. The number of phenols is 1. The monoisotopic (exact) mass is 332 g/mol. The van der Waals surface area contributed by atoms with Crippen molar-refractivity contribution in [1.29, 1.82) is 0 Å². The molecular formula is C16H16N2O6. The number of para-hydroxylation sites is 1. The first kappa shape index (κ1) is 16.0. The van der Waals surface area contributed by atoms with Crippen LogP contribution >= 0.6 is 0 Å². The second-order valence-electron chi connectivity index (χ2n) is 5.93. The van der Waals surface area contributed by atoms with Gasteiger partial charge in [-0.1, -0.05) is 24.3 Å². The Bertz CT molecular complexity index is 746. The molecule has 1 fully saturated rings. The summed E-state index contributed by atoms with van der Waals surface area (Å²) in [5.74, 6) is -4.75. The van der Waals surface area contributed by atoms with Crippen molar-refractivity contribution < 1.29 is 29.3 Å². The minimum absolute atomic E-state index is 0.0112. The van der Waals surface area contributed by atoms with Gasteiger partial charge in [-0.3, -0.25) is 25.2 Å². The molecule has 0 spiro atoms. The van der Waals surface area contributed by atoms with E-state index in [-0.39, 0.29) is 11.3 Å². The number of amides is 2. The van der Waals surface area contributed by atoms with Crippen molar-refractivity contribution in [1.82, 2.24) is 10.9 Å². The molecule has 8 nitrogen and oxygen atoms in total. The van der Waals surface area contributed by atoms with E-state index in [9.17, 15) is 24.6 Å². The summed E-state index contributed by atoms with van der Waals surface area (Å²) in [5.41, 5.74) is 3.36. The van der Waals surface area contributed by atoms with Crippen LogP contribution in [0.2, 0.25) is 0 Å². The summed E-state index contributed by atoms with van der Waals surface area (Å²) in [6, 6.07) is 5.85. The van der Waals surface area contributed by atoms with Crippen LogP contribution in [0.25, 0.3) is 0 Å². The SMILES string of the molecule is C[C@@]12C=C[C@@H](O1)[C@@H](C(=O)O)[C@H]2C(=O)NNC(=O)c1ccccc1O. The lowest BCUT2D eigenvalue weighted by molar-refractivity contribution is -0.147. The number of carbonyl (C=O) groups excluding carboxylic acids is 2. The van der Waals surface area contributed by atoms with E-state index in [0.717, 1.165) is 0 Å². The topological polar surface area (TPSA) is 125 Å². The van der Waals surface area contributed by atoms with Crippen molar-refractivity contribution in [2.75, 3.05) is 0 Å². The number of aliphatic carboxylic acids is 1. The predicted molar refractivity (Wildman–Crippen MR) is 80.7 cm³/mol. The molecule has 1 aromatic carbocycles. The summed E-state index contributed by atoms with van der Waals surface area (Å²) in [5, 5.41) is 19.0. The highest BCUT2D eigenvalue weighted by molar-refractivity contribution is 5.98. The van der Waals surface area contributed by atoms with Gasteiger partial charge in [0.05, 0.1) is 23.2 Å². The number of rotatable bonds is 3. The molecule has 3 rings (SSSR count). The summed E-state index contributed by atoms with van der Waals surface area (Å²) in [6.45, 7) is 1.63. The number of hydrogen-bond acceptors (Lipinski definition) is 5. The third-order valence-electron chi connectivity index (χ3n) is 4.35. The highest BCUT2D eigenvalue weighted by Crippen LogP contribution is 2.46. The summed E-state index contributed by atoms with van der Waals surface area (Å²) in [7, 11) is 0. The van der Waals surface area contributed by atoms with Gasteiger partial charge in [0, 0.05) is 0 Å². The van der Waals surface area contributed by atoms with Crippen molar-refractivity contribution in [3.05, 3.63) is 42.0 Å². The highest BCUT2D eigenvalue weighted by atomic mass is 16.5. The van der Waals surface area contributed by atoms with Crippen molar-refractivity contribution in [3.8, 4) is 5.75 Å². The lowest BCUT2D eigenvalue weighted by Crippen LogP contribution is -2.52. The average Bonchev–Trinajstić information content (AvgIpc) is 3.06. The maximum atomic E-state index is 12.4. The third kappa shape index (κ3) is 2.50. The molecule has 1 saturated heterocycles. The standard InChI is InChI=1S/C16H16N2O6/c1-16-7-6-10(24-16)11(15(22)23)12(16)14(21)18-17-13(20)8-4-2-3-5-9(8)19/h2-7,10-12,19H,1H3,(H,17,20)(H,18,21)(H,22,23)/t10-,11-,12+,16+/m1/s1. The van der Waals surface area contributed by atoms with Crippen LogP contribution in [0, 0.1) is 11.8 Å². The van der Waals surface area contributed by atoms with Gasteiger partial charge in [-0.25, -0.2) is 0 Å². The van der Waals surface area contributed by atoms with Gasteiger partial charge in [0.1, 0.15) is 11.7 Å². The number of nitrogens with one attached hydrogen (secondary N) is 2. The normalized spacial score (nSPS) is 30.1. The second-order valence-corrected chi connectivity index (χ2v) is 5.93. The van der Waals surface area contributed by atoms with Crippen LogP contribution in [-0.2, 0) is 14.3 Å². The fourth-order valence-electron chi connectivity index (χ4n) is 3.21. The molecule has 24 heavy (non-hydrogen) atoms. The lowest BCUT2D eigenvalue weighted by atomic mass is 9.76. The molecule has 2 amide bonds. The van der Waals surface area contributed by atoms with Crippen molar-refractivity contribution >= 4 is 17.8 Å². The zero-order chi connectivity index (χ0) is 17.5. The van der Waals surface area contributed by atoms with Gasteiger partial charge in [0.15, 0.2) is 0 Å². The molecule has 0 aliphatic carbocycles. The number of ether oxygens (including phenoxy) is 1. The number of hydrogen-bond donors (Lipinski definition) is 4. The molecule has 2 aliphatic rings. The van der Waals surface area contributed by atoms with E-state index in [4.69, 9.17) is 4.74 Å². The molecule has 126 valence electrons. The van der Waals surface area contributed by atoms with E-state index < -0.39 is 41.3 Å². The molecular weight excluding hydrogens is 316 g/mol. The Kier molecular flexibility index (Phi) is 3.76. The first-order chi connectivity index (χ1) is 11.3. The number of carbonyl (C=O) groups is 3. The van der Waals surface area contributed by atoms with E-state index in [0.29, 0.717) is 0 Å². The zero-order valence-corrected chi connectivity index (χ0v) is 12.7. The molecule has 0 saturated carbocycles. The lowest BCUT2D eigenvalue weighted by Gasteiger charge is -2.27. The molecule has 2 heterocycles. The number of carboxylic acids is 1. The van der Waals surface area contributed by atoms with E-state index >= 15 is 0 Å². The van der Waals surface area contributed by atoms with Crippen LogP contribution in [0.5, 0.6) is 5.75 Å². The maximum absolute atomic E-state index is 12.4. The Morgan fingerprint density at radius 1 is 1.21 bits per heavy atom. The fraction of sp³-hybridized carbons (Fsp3) is 0.312. The Morgan fingerprint density at radius 2 is 1.92 bits per heavy atom. The second kappa shape index (κ2) is 5.64. The predicted octanol–water partition coefficient (Wildman–Crippen LogP) is 0.197. The summed E-state index contributed by atoms with van der Waals surface area (Å²) >= 11 is 0. The van der Waals surface area contributed by atoms with E-state index in [2.05, 4.69) is 10.9 Å². The zero-order valence-electron chi connectivity index (χ0n) is 12.7. The van der Waals surface area contributed by atoms with E-state index in [1.54, 1.807) is 31.2 Å². The summed E-state index contributed by atoms with van der Waals surface area (Å²) < 4.78 is 5.57. The maximum Gasteiger partial charge on any atom is 0.310 e.